The maximum Gasteiger partial charge on any atom is 0.181 e. The number of Topliss-reactive ketones (excluding diaryl/α,β-unsaturated/α-hetero) is 6. The third kappa shape index (κ3) is 4.28. The van der Waals surface area contributed by atoms with E-state index in [1.165, 1.54) is 36.4 Å². The molecule has 0 radical (unpaired) electrons. The van der Waals surface area contributed by atoms with Gasteiger partial charge in [-0.2, -0.15) is 0 Å². The Balaban J connectivity index is 1.27. The van der Waals surface area contributed by atoms with Gasteiger partial charge in [0.1, 0.15) is 17.1 Å². The predicted molar refractivity (Wildman–Crippen MR) is 145 cm³/mol. The molecule has 2 aliphatic carbocycles. The first kappa shape index (κ1) is 27.9. The monoisotopic (exact) mass is 614 g/mol. The molecule has 2 fully saturated rings. The van der Waals surface area contributed by atoms with E-state index < -0.39 is 88.5 Å². The molecule has 41 heavy (non-hydrogen) atoms. The van der Waals surface area contributed by atoms with E-state index in [1.807, 2.05) is 0 Å². The second-order valence-corrected chi connectivity index (χ2v) is 16.0. The van der Waals surface area contributed by atoms with Gasteiger partial charge in [-0.1, -0.05) is 0 Å². The smallest absolute Gasteiger partial charge is 0.181 e. The number of carbonyl (C=O) groups excluding carboxylic acids is 6. The van der Waals surface area contributed by atoms with Crippen molar-refractivity contribution in [3.05, 3.63) is 58.7 Å². The molecule has 4 aliphatic rings. The SMILES string of the molecule is O=C1c2ccc(S(=O)c3ccc4c(c3)C(=O)C(C(=O)C3CCCS3(=O)=O)C4=O)cc2C(=O)C1C(=O)C1CCCS1=O. The van der Waals surface area contributed by atoms with Crippen molar-refractivity contribution >= 4 is 66.1 Å². The highest BCUT2D eigenvalue weighted by atomic mass is 32.2. The Bertz CT molecular complexity index is 1790. The van der Waals surface area contributed by atoms with Gasteiger partial charge < -0.3 is 0 Å². The van der Waals surface area contributed by atoms with Gasteiger partial charge in [-0.25, -0.2) is 12.6 Å². The molecule has 2 aromatic rings. The van der Waals surface area contributed by atoms with E-state index in [9.17, 15) is 45.6 Å². The van der Waals surface area contributed by atoms with Gasteiger partial charge >= 0.3 is 0 Å². The first-order chi connectivity index (χ1) is 19.4. The minimum absolute atomic E-state index is 0.0100. The zero-order chi connectivity index (χ0) is 29.4. The summed E-state index contributed by atoms with van der Waals surface area (Å²) in [6, 6.07) is 7.73. The second kappa shape index (κ2) is 9.92. The van der Waals surface area contributed by atoms with Crippen LogP contribution in [-0.4, -0.2) is 73.5 Å². The molecule has 212 valence electrons. The molecule has 2 aromatic carbocycles. The second-order valence-electron chi connectivity index (χ2n) is 10.5. The summed E-state index contributed by atoms with van der Waals surface area (Å²) in [6.45, 7) is 0. The lowest BCUT2D eigenvalue weighted by molar-refractivity contribution is -0.120. The van der Waals surface area contributed by atoms with E-state index in [-0.39, 0.29) is 50.6 Å². The van der Waals surface area contributed by atoms with Gasteiger partial charge in [0.15, 0.2) is 44.5 Å². The average molecular weight is 615 g/mol. The van der Waals surface area contributed by atoms with Crippen molar-refractivity contribution in [3.8, 4) is 0 Å². The minimum Gasteiger partial charge on any atom is -0.297 e. The number of benzene rings is 2. The van der Waals surface area contributed by atoms with E-state index in [2.05, 4.69) is 0 Å². The van der Waals surface area contributed by atoms with Gasteiger partial charge in [0.2, 0.25) is 0 Å². The summed E-state index contributed by atoms with van der Waals surface area (Å²) >= 11 is 0. The van der Waals surface area contributed by atoms with Crippen LogP contribution >= 0.6 is 0 Å². The fourth-order valence-corrected chi connectivity index (χ4v) is 10.6. The molecule has 0 spiro atoms. The van der Waals surface area contributed by atoms with Gasteiger partial charge in [0.25, 0.3) is 0 Å². The zero-order valence-corrected chi connectivity index (χ0v) is 23.8. The average Bonchev–Trinajstić information content (AvgIpc) is 3.66. The molecule has 0 aromatic heterocycles. The van der Waals surface area contributed by atoms with Crippen LogP contribution in [0.15, 0.2) is 46.2 Å². The van der Waals surface area contributed by atoms with Gasteiger partial charge in [0.05, 0.1) is 21.8 Å². The van der Waals surface area contributed by atoms with Crippen LogP contribution in [0.4, 0.5) is 0 Å². The van der Waals surface area contributed by atoms with Crippen LogP contribution < -0.4 is 0 Å². The Morgan fingerprint density at radius 2 is 1.24 bits per heavy atom. The Labute approximate surface area is 239 Å². The quantitative estimate of drug-likeness (QED) is 0.434. The number of hydrogen-bond acceptors (Lipinski definition) is 10. The molecule has 6 rings (SSSR count). The Kier molecular flexibility index (Phi) is 6.74. The standard InChI is InChI=1S/C28H22O10S3/c29-23-15-7-5-13(11-17(15)25(31)21(23)27(33)19-3-1-9-39(19)35)40(36)14-6-8-16-18(12-14)26(32)22(24(16)30)28(34)20-4-2-10-41(20,37)38/h5-8,11-12,19-22H,1-4,9-10H2. The van der Waals surface area contributed by atoms with E-state index in [4.69, 9.17) is 0 Å². The molecule has 2 aliphatic heterocycles. The van der Waals surface area contributed by atoms with Crippen LogP contribution in [0.2, 0.25) is 0 Å². The predicted octanol–water partition coefficient (Wildman–Crippen LogP) is 1.47. The number of sulfone groups is 1. The van der Waals surface area contributed by atoms with Crippen molar-refractivity contribution in [1.29, 1.82) is 0 Å². The van der Waals surface area contributed by atoms with Crippen molar-refractivity contribution in [2.24, 2.45) is 11.8 Å². The summed E-state index contributed by atoms with van der Waals surface area (Å²) in [7, 11) is -7.17. The lowest BCUT2D eigenvalue weighted by atomic mass is 9.95. The minimum atomic E-state index is -3.74. The van der Waals surface area contributed by atoms with Crippen LogP contribution in [0.1, 0.15) is 67.1 Å². The molecule has 6 atom stereocenters. The summed E-state index contributed by atoms with van der Waals surface area (Å²) in [6.07, 6.45) is 1.23. The van der Waals surface area contributed by atoms with Crippen LogP contribution in [0, 0.1) is 11.8 Å². The molecule has 0 saturated carbocycles. The van der Waals surface area contributed by atoms with Gasteiger partial charge in [-0.05, 0) is 62.1 Å². The lowest BCUT2D eigenvalue weighted by Gasteiger charge is -2.11. The van der Waals surface area contributed by atoms with E-state index in [0.29, 0.717) is 18.6 Å². The van der Waals surface area contributed by atoms with Crippen LogP contribution in [0.25, 0.3) is 0 Å². The van der Waals surface area contributed by atoms with Crippen molar-refractivity contribution in [2.75, 3.05) is 11.5 Å². The molecule has 6 unspecified atom stereocenters. The van der Waals surface area contributed by atoms with Crippen molar-refractivity contribution < 1.29 is 45.6 Å². The highest BCUT2D eigenvalue weighted by Crippen LogP contribution is 2.36. The first-order valence-electron chi connectivity index (χ1n) is 13.0. The molecular formula is C28H22O10S3. The summed E-state index contributed by atoms with van der Waals surface area (Å²) in [4.78, 5) is 78.2. The molecule has 0 N–H and O–H groups in total. The molecule has 0 bridgehead atoms. The highest BCUT2D eigenvalue weighted by molar-refractivity contribution is 7.93. The maximum absolute atomic E-state index is 13.5. The Morgan fingerprint density at radius 1 is 0.732 bits per heavy atom. The molecular weight excluding hydrogens is 592 g/mol. The van der Waals surface area contributed by atoms with Crippen molar-refractivity contribution in [2.45, 2.75) is 46.0 Å². The number of rotatable bonds is 6. The summed E-state index contributed by atoms with van der Waals surface area (Å²) in [5.41, 5.74) is -0.267. The number of carbonyl (C=O) groups is 6. The maximum atomic E-state index is 13.5. The van der Waals surface area contributed by atoms with Crippen molar-refractivity contribution in [1.82, 2.24) is 0 Å². The molecule has 10 nitrogen and oxygen atoms in total. The third-order valence-corrected chi connectivity index (χ3v) is 13.5. The van der Waals surface area contributed by atoms with Gasteiger partial charge in [-0.15, -0.1) is 0 Å². The third-order valence-electron chi connectivity index (χ3n) is 8.18. The summed E-state index contributed by atoms with van der Waals surface area (Å²) in [5.74, 6) is -7.86. The van der Waals surface area contributed by atoms with Crippen molar-refractivity contribution in [3.63, 3.8) is 0 Å². The number of ketones is 6. The number of hydrogen-bond donors (Lipinski definition) is 0. The zero-order valence-electron chi connectivity index (χ0n) is 21.3. The largest absolute Gasteiger partial charge is 0.297 e. The normalized spacial score (nSPS) is 29.0. The van der Waals surface area contributed by atoms with Crippen LogP contribution in [-0.2, 0) is 41.0 Å². The Hall–Kier alpha value is -3.29. The highest BCUT2D eigenvalue weighted by Gasteiger charge is 2.50. The molecule has 2 saturated heterocycles. The van der Waals surface area contributed by atoms with E-state index in [0.717, 1.165) is 0 Å². The van der Waals surface area contributed by atoms with Crippen LogP contribution in [0.3, 0.4) is 0 Å². The topological polar surface area (TPSA) is 171 Å². The van der Waals surface area contributed by atoms with Gasteiger partial charge in [0, 0.05) is 48.6 Å². The van der Waals surface area contributed by atoms with E-state index in [1.54, 1.807) is 0 Å². The summed E-state index contributed by atoms with van der Waals surface area (Å²) in [5, 5.41) is -2.27. The summed E-state index contributed by atoms with van der Waals surface area (Å²) < 4.78 is 50.1. The molecule has 2 heterocycles. The van der Waals surface area contributed by atoms with Gasteiger partial charge in [-0.3, -0.25) is 33.0 Å². The first-order valence-corrected chi connectivity index (χ1v) is 17.2. The Morgan fingerprint density at radius 3 is 1.71 bits per heavy atom. The van der Waals surface area contributed by atoms with E-state index >= 15 is 0 Å². The fourth-order valence-electron chi connectivity index (χ4n) is 6.07. The fraction of sp³-hybridized carbons (Fsp3) is 0.357. The van der Waals surface area contributed by atoms with Crippen LogP contribution in [0.5, 0.6) is 0 Å². The molecule has 13 heteroatoms. The molecule has 0 amide bonds. The number of fused-ring (bicyclic) bond motifs is 2. The lowest BCUT2D eigenvalue weighted by Crippen LogP contribution is -2.37.